The number of benzene rings is 6. The van der Waals surface area contributed by atoms with Gasteiger partial charge >= 0.3 is 0 Å². The van der Waals surface area contributed by atoms with Crippen LogP contribution < -0.4 is 21.2 Å². The summed E-state index contributed by atoms with van der Waals surface area (Å²) in [6, 6.07) is 61.5. The first-order chi connectivity index (χ1) is 25.6. The van der Waals surface area contributed by atoms with Crippen LogP contribution in [0, 0.1) is 0 Å². The normalized spacial score (nSPS) is 13.1. The van der Waals surface area contributed by atoms with Gasteiger partial charge in [0.15, 0.2) is 0 Å². The van der Waals surface area contributed by atoms with Gasteiger partial charge in [-0.2, -0.15) is 0 Å². The minimum absolute atomic E-state index is 0.307. The van der Waals surface area contributed by atoms with Crippen LogP contribution in [0.5, 0.6) is 0 Å². The molecule has 272 valence electrons. The van der Waals surface area contributed by atoms with E-state index >= 15 is 0 Å². The van der Waals surface area contributed by atoms with Crippen LogP contribution in [0.4, 0.5) is 0 Å². The fraction of sp³-hybridized carbons (Fsp3) is 0.294. The largest absolute Gasteiger partial charge is 0.0622 e. The second-order valence-electron chi connectivity index (χ2n) is 15.8. The van der Waals surface area contributed by atoms with Gasteiger partial charge in [-0.15, -0.1) is 0 Å². The van der Waals surface area contributed by atoms with Crippen molar-refractivity contribution in [1.29, 1.82) is 0 Å². The maximum atomic E-state index is 2.45. The molecule has 0 aliphatic rings. The van der Waals surface area contributed by atoms with Crippen molar-refractivity contribution in [3.05, 3.63) is 191 Å². The summed E-state index contributed by atoms with van der Waals surface area (Å²) in [6.07, 6.45) is 1.04. The van der Waals surface area contributed by atoms with Gasteiger partial charge in [-0.3, -0.25) is 0 Å². The van der Waals surface area contributed by atoms with E-state index in [1.165, 1.54) is 54.6 Å². The Labute approximate surface area is 323 Å². The molecule has 6 aromatic rings. The highest BCUT2D eigenvalue weighted by molar-refractivity contribution is 7.74. The van der Waals surface area contributed by atoms with Crippen molar-refractivity contribution in [1.82, 2.24) is 0 Å². The molecule has 0 saturated carbocycles. The average molecular weight is 733 g/mol. The molecule has 2 unspecified atom stereocenters. The maximum Gasteiger partial charge on any atom is 0.0131 e. The SMILES string of the molecule is CC(C)c1ccc(P(c2ccc(C(C)C)cc2)C(CC(c2ccccc2)P(c2ccc(C(C)C)cc2)c2ccc(C(C)C)cc2)c2ccccc2)cc1. The molecule has 0 heterocycles. The summed E-state index contributed by atoms with van der Waals surface area (Å²) < 4.78 is 0. The van der Waals surface area contributed by atoms with Crippen LogP contribution in [0.2, 0.25) is 0 Å². The molecule has 0 nitrogen and oxygen atoms in total. The third kappa shape index (κ3) is 9.47. The molecule has 0 radical (unpaired) electrons. The van der Waals surface area contributed by atoms with Crippen LogP contribution in [0.15, 0.2) is 158 Å². The average Bonchev–Trinajstić information content (AvgIpc) is 3.18. The van der Waals surface area contributed by atoms with Crippen LogP contribution in [-0.2, 0) is 0 Å². The summed E-state index contributed by atoms with van der Waals surface area (Å²) in [5.74, 6) is 2.00. The first kappa shape index (κ1) is 38.9. The standard InChI is InChI=1S/C51H58P2/c1-36(2)40-19-27-46(28-20-40)52(47-29-21-41(22-30-47)37(3)4)50(44-15-11-9-12-16-44)35-51(45-17-13-10-14-18-45)53(48-31-23-42(24-32-48)38(5)6)49-33-25-43(26-34-49)39(7)8/h9-34,36-39,50-51H,35H2,1-8H3. The summed E-state index contributed by atoms with van der Waals surface area (Å²) in [5.41, 5.74) is 9.07. The molecule has 0 aliphatic carbocycles. The molecule has 0 aromatic heterocycles. The van der Waals surface area contributed by atoms with E-state index in [2.05, 4.69) is 213 Å². The van der Waals surface area contributed by atoms with Gasteiger partial charge in [0.2, 0.25) is 0 Å². The molecule has 0 aliphatic heterocycles. The van der Waals surface area contributed by atoms with Crippen molar-refractivity contribution in [3.8, 4) is 0 Å². The Balaban J connectivity index is 1.57. The van der Waals surface area contributed by atoms with Crippen molar-refractivity contribution in [3.63, 3.8) is 0 Å². The summed E-state index contributed by atoms with van der Waals surface area (Å²) in [6.45, 7) is 18.4. The third-order valence-corrected chi connectivity index (χ3v) is 16.5. The first-order valence-corrected chi connectivity index (χ1v) is 22.5. The van der Waals surface area contributed by atoms with Gasteiger partial charge < -0.3 is 0 Å². The minimum Gasteiger partial charge on any atom is -0.0622 e. The molecule has 0 spiro atoms. The van der Waals surface area contributed by atoms with Crippen LogP contribution in [0.1, 0.15) is 130 Å². The van der Waals surface area contributed by atoms with Crippen molar-refractivity contribution in [2.45, 2.75) is 96.8 Å². The fourth-order valence-corrected chi connectivity index (χ4v) is 13.3. The van der Waals surface area contributed by atoms with E-state index < -0.39 is 15.8 Å². The summed E-state index contributed by atoms with van der Waals surface area (Å²) in [5, 5.41) is 5.81. The van der Waals surface area contributed by atoms with E-state index in [-0.39, 0.29) is 0 Å². The smallest absolute Gasteiger partial charge is 0.0131 e. The van der Waals surface area contributed by atoms with Crippen LogP contribution in [0.3, 0.4) is 0 Å². The lowest BCUT2D eigenvalue weighted by atomic mass is 10.0. The third-order valence-electron chi connectivity index (χ3n) is 10.8. The Bertz CT molecular complexity index is 1720. The number of hydrogen-bond donors (Lipinski definition) is 0. The highest BCUT2D eigenvalue weighted by atomic mass is 31.1. The Morgan fingerprint density at radius 1 is 0.283 bits per heavy atom. The monoisotopic (exact) mass is 732 g/mol. The van der Waals surface area contributed by atoms with E-state index in [1.807, 2.05) is 0 Å². The van der Waals surface area contributed by atoms with E-state index in [4.69, 9.17) is 0 Å². The highest BCUT2D eigenvalue weighted by Crippen LogP contribution is 2.60. The molecule has 53 heavy (non-hydrogen) atoms. The lowest BCUT2D eigenvalue weighted by Gasteiger charge is -2.36. The zero-order valence-electron chi connectivity index (χ0n) is 33.1. The van der Waals surface area contributed by atoms with Gasteiger partial charge in [-0.25, -0.2) is 0 Å². The summed E-state index contributed by atoms with van der Waals surface area (Å²) >= 11 is 0. The molecule has 6 aromatic carbocycles. The second-order valence-corrected chi connectivity index (χ2v) is 20.6. The maximum absolute atomic E-state index is 2.45. The lowest BCUT2D eigenvalue weighted by molar-refractivity contribution is 0.775. The van der Waals surface area contributed by atoms with Crippen LogP contribution in [0.25, 0.3) is 0 Å². The Morgan fingerprint density at radius 2 is 0.509 bits per heavy atom. The van der Waals surface area contributed by atoms with Crippen LogP contribution >= 0.6 is 15.8 Å². The Morgan fingerprint density at radius 3 is 0.717 bits per heavy atom. The molecule has 2 atom stereocenters. The minimum atomic E-state index is -0.757. The molecule has 0 N–H and O–H groups in total. The number of rotatable bonds is 14. The number of hydrogen-bond acceptors (Lipinski definition) is 0. The molecule has 0 bridgehead atoms. The molecular weight excluding hydrogens is 675 g/mol. The van der Waals surface area contributed by atoms with E-state index in [0.29, 0.717) is 35.0 Å². The molecular formula is C51H58P2. The van der Waals surface area contributed by atoms with Gasteiger partial charge in [0.1, 0.15) is 0 Å². The Hall–Kier alpha value is -3.82. The quantitative estimate of drug-likeness (QED) is 0.0978. The van der Waals surface area contributed by atoms with Crippen molar-refractivity contribution >= 4 is 37.1 Å². The zero-order chi connectivity index (χ0) is 37.5. The molecule has 2 heteroatoms. The van der Waals surface area contributed by atoms with Gasteiger partial charge in [0.05, 0.1) is 0 Å². The first-order valence-electron chi connectivity index (χ1n) is 19.7. The highest BCUT2D eigenvalue weighted by Gasteiger charge is 2.34. The predicted molar refractivity (Wildman–Crippen MR) is 237 cm³/mol. The molecule has 0 amide bonds. The van der Waals surface area contributed by atoms with E-state index in [9.17, 15) is 0 Å². The molecule has 0 saturated heterocycles. The van der Waals surface area contributed by atoms with Crippen LogP contribution in [-0.4, -0.2) is 0 Å². The fourth-order valence-electron chi connectivity index (χ4n) is 7.44. The van der Waals surface area contributed by atoms with E-state index in [0.717, 1.165) is 6.42 Å². The summed E-state index contributed by atoms with van der Waals surface area (Å²) in [7, 11) is -1.51. The molecule has 0 fully saturated rings. The summed E-state index contributed by atoms with van der Waals surface area (Å²) in [4.78, 5) is 0. The lowest BCUT2D eigenvalue weighted by Crippen LogP contribution is -2.22. The second kappa shape index (κ2) is 18.0. The van der Waals surface area contributed by atoms with Gasteiger partial charge in [-0.1, -0.05) is 213 Å². The Kier molecular flexibility index (Phi) is 13.2. The molecule has 6 rings (SSSR count). The van der Waals surface area contributed by atoms with Crippen molar-refractivity contribution in [2.24, 2.45) is 0 Å². The van der Waals surface area contributed by atoms with Crippen molar-refractivity contribution in [2.75, 3.05) is 0 Å². The predicted octanol–water partition coefficient (Wildman–Crippen LogP) is 13.6. The van der Waals surface area contributed by atoms with Crippen molar-refractivity contribution < 1.29 is 0 Å². The zero-order valence-corrected chi connectivity index (χ0v) is 34.9. The topological polar surface area (TPSA) is 0 Å². The van der Waals surface area contributed by atoms with Gasteiger partial charge in [-0.05, 0) is 101 Å². The van der Waals surface area contributed by atoms with Gasteiger partial charge in [0.25, 0.3) is 0 Å². The van der Waals surface area contributed by atoms with Gasteiger partial charge in [0, 0.05) is 11.3 Å². The van der Waals surface area contributed by atoms with E-state index in [1.54, 1.807) is 0 Å².